The van der Waals surface area contributed by atoms with Crippen molar-refractivity contribution >= 4 is 11.5 Å². The van der Waals surface area contributed by atoms with Gasteiger partial charge in [0.1, 0.15) is 0 Å². The normalized spacial score (nSPS) is 11.2. The minimum atomic E-state index is 0.0899. The third kappa shape index (κ3) is 3.98. The standard InChI is InChI=1S/C13H17NO/c1-3-13(15)14-10-9-11(2)12-7-5-4-6-8-12/h4-9H,3,10H2,1-2H3,(H,14,15). The number of carbonyl (C=O) groups excluding carboxylic acids is 1. The molecule has 1 aromatic carbocycles. The van der Waals surface area contributed by atoms with Crippen molar-refractivity contribution in [3.8, 4) is 0 Å². The molecule has 1 amide bonds. The highest BCUT2D eigenvalue weighted by molar-refractivity contribution is 5.76. The molecule has 0 heterocycles. The summed E-state index contributed by atoms with van der Waals surface area (Å²) < 4.78 is 0. The number of nitrogens with one attached hydrogen (secondary N) is 1. The number of allylic oxidation sites excluding steroid dienone is 1. The first-order valence-electron chi connectivity index (χ1n) is 5.23. The van der Waals surface area contributed by atoms with Gasteiger partial charge in [-0.2, -0.15) is 0 Å². The Morgan fingerprint density at radius 2 is 2.00 bits per heavy atom. The molecular formula is C13H17NO. The van der Waals surface area contributed by atoms with Crippen LogP contribution in [0.5, 0.6) is 0 Å². The monoisotopic (exact) mass is 203 g/mol. The van der Waals surface area contributed by atoms with Crippen LogP contribution < -0.4 is 5.32 Å². The lowest BCUT2D eigenvalue weighted by Gasteiger charge is -2.02. The van der Waals surface area contributed by atoms with Crippen LogP contribution in [0.25, 0.3) is 5.57 Å². The molecule has 0 fully saturated rings. The summed E-state index contributed by atoms with van der Waals surface area (Å²) in [5, 5.41) is 2.82. The molecule has 0 spiro atoms. The Labute approximate surface area is 91.0 Å². The highest BCUT2D eigenvalue weighted by Crippen LogP contribution is 2.11. The molecule has 0 unspecified atom stereocenters. The lowest BCUT2D eigenvalue weighted by atomic mass is 10.1. The van der Waals surface area contributed by atoms with Crippen LogP contribution in [-0.2, 0) is 4.79 Å². The number of carbonyl (C=O) groups is 1. The highest BCUT2D eigenvalue weighted by Gasteiger charge is 1.95. The first-order valence-corrected chi connectivity index (χ1v) is 5.23. The maximum Gasteiger partial charge on any atom is 0.219 e. The molecule has 0 atom stereocenters. The minimum absolute atomic E-state index is 0.0899. The zero-order valence-electron chi connectivity index (χ0n) is 9.29. The molecule has 0 aliphatic carbocycles. The molecule has 0 bridgehead atoms. The second-order valence-corrected chi connectivity index (χ2v) is 3.41. The average molecular weight is 203 g/mol. The highest BCUT2D eigenvalue weighted by atomic mass is 16.1. The minimum Gasteiger partial charge on any atom is -0.353 e. The van der Waals surface area contributed by atoms with Gasteiger partial charge in [0.05, 0.1) is 0 Å². The molecule has 1 rings (SSSR count). The number of rotatable bonds is 4. The van der Waals surface area contributed by atoms with Gasteiger partial charge in [-0.15, -0.1) is 0 Å². The van der Waals surface area contributed by atoms with Crippen LogP contribution in [0.4, 0.5) is 0 Å². The predicted octanol–water partition coefficient (Wildman–Crippen LogP) is 2.62. The summed E-state index contributed by atoms with van der Waals surface area (Å²) in [5.74, 6) is 0.0899. The molecule has 0 aliphatic rings. The number of benzene rings is 1. The maximum atomic E-state index is 11.0. The van der Waals surface area contributed by atoms with Gasteiger partial charge < -0.3 is 5.32 Å². The van der Waals surface area contributed by atoms with Crippen molar-refractivity contribution < 1.29 is 4.79 Å². The average Bonchev–Trinajstić information content (AvgIpc) is 2.29. The summed E-state index contributed by atoms with van der Waals surface area (Å²) in [4.78, 5) is 11.0. The zero-order valence-corrected chi connectivity index (χ0v) is 9.29. The molecule has 0 aromatic heterocycles. The Morgan fingerprint density at radius 1 is 1.33 bits per heavy atom. The maximum absolute atomic E-state index is 11.0. The van der Waals surface area contributed by atoms with E-state index in [0.29, 0.717) is 13.0 Å². The van der Waals surface area contributed by atoms with Crippen LogP contribution in [0.2, 0.25) is 0 Å². The largest absolute Gasteiger partial charge is 0.353 e. The van der Waals surface area contributed by atoms with Crippen molar-refractivity contribution in [2.75, 3.05) is 6.54 Å². The van der Waals surface area contributed by atoms with Crippen molar-refractivity contribution in [1.29, 1.82) is 0 Å². The van der Waals surface area contributed by atoms with E-state index in [-0.39, 0.29) is 5.91 Å². The van der Waals surface area contributed by atoms with E-state index >= 15 is 0 Å². The van der Waals surface area contributed by atoms with E-state index in [4.69, 9.17) is 0 Å². The van der Waals surface area contributed by atoms with E-state index in [0.717, 1.165) is 0 Å². The molecular weight excluding hydrogens is 186 g/mol. The third-order valence-electron chi connectivity index (χ3n) is 2.26. The van der Waals surface area contributed by atoms with Gasteiger partial charge in [-0.1, -0.05) is 43.3 Å². The fraction of sp³-hybridized carbons (Fsp3) is 0.308. The summed E-state index contributed by atoms with van der Waals surface area (Å²) in [7, 11) is 0. The Morgan fingerprint density at radius 3 is 2.60 bits per heavy atom. The van der Waals surface area contributed by atoms with Crippen molar-refractivity contribution in [2.45, 2.75) is 20.3 Å². The Bertz CT molecular complexity index is 341. The van der Waals surface area contributed by atoms with Crippen molar-refractivity contribution in [1.82, 2.24) is 5.32 Å². The second-order valence-electron chi connectivity index (χ2n) is 3.41. The first kappa shape index (κ1) is 11.5. The summed E-state index contributed by atoms with van der Waals surface area (Å²) >= 11 is 0. The molecule has 80 valence electrons. The molecule has 0 saturated heterocycles. The summed E-state index contributed by atoms with van der Waals surface area (Å²) in [6, 6.07) is 10.1. The summed E-state index contributed by atoms with van der Waals surface area (Å²) in [5.41, 5.74) is 2.38. The van der Waals surface area contributed by atoms with E-state index in [9.17, 15) is 4.79 Å². The third-order valence-corrected chi connectivity index (χ3v) is 2.26. The van der Waals surface area contributed by atoms with Crippen LogP contribution >= 0.6 is 0 Å². The predicted molar refractivity (Wildman–Crippen MR) is 63.4 cm³/mol. The molecule has 1 aromatic rings. The topological polar surface area (TPSA) is 29.1 Å². The van der Waals surface area contributed by atoms with Crippen LogP contribution in [0.1, 0.15) is 25.8 Å². The van der Waals surface area contributed by atoms with Gasteiger partial charge in [0.15, 0.2) is 0 Å². The van der Waals surface area contributed by atoms with Gasteiger partial charge in [-0.25, -0.2) is 0 Å². The van der Waals surface area contributed by atoms with Crippen molar-refractivity contribution in [2.24, 2.45) is 0 Å². The molecule has 0 saturated carbocycles. The molecule has 1 N–H and O–H groups in total. The number of amides is 1. The van der Waals surface area contributed by atoms with Crippen LogP contribution in [0, 0.1) is 0 Å². The van der Waals surface area contributed by atoms with E-state index in [2.05, 4.69) is 17.4 Å². The molecule has 2 heteroatoms. The summed E-state index contributed by atoms with van der Waals surface area (Å²) in [6.07, 6.45) is 2.57. The van der Waals surface area contributed by atoms with Crippen LogP contribution in [-0.4, -0.2) is 12.5 Å². The van der Waals surface area contributed by atoms with Gasteiger partial charge in [0.2, 0.25) is 5.91 Å². The van der Waals surface area contributed by atoms with E-state index in [1.54, 1.807) is 0 Å². The van der Waals surface area contributed by atoms with Gasteiger partial charge in [0, 0.05) is 13.0 Å². The van der Waals surface area contributed by atoms with Gasteiger partial charge >= 0.3 is 0 Å². The first-order chi connectivity index (χ1) is 7.24. The lowest BCUT2D eigenvalue weighted by Crippen LogP contribution is -2.21. The Balaban J connectivity index is 2.50. The number of hydrogen-bond donors (Lipinski definition) is 1. The molecule has 15 heavy (non-hydrogen) atoms. The Kier molecular flexibility index (Phi) is 4.61. The zero-order chi connectivity index (χ0) is 11.1. The number of hydrogen-bond acceptors (Lipinski definition) is 1. The lowest BCUT2D eigenvalue weighted by molar-refractivity contribution is -0.120. The second kappa shape index (κ2) is 6.02. The van der Waals surface area contributed by atoms with Crippen LogP contribution in [0.3, 0.4) is 0 Å². The Hall–Kier alpha value is -1.57. The fourth-order valence-corrected chi connectivity index (χ4v) is 1.26. The molecule has 2 nitrogen and oxygen atoms in total. The van der Waals surface area contributed by atoms with Gasteiger partial charge in [-0.05, 0) is 18.1 Å². The smallest absolute Gasteiger partial charge is 0.219 e. The molecule has 0 radical (unpaired) electrons. The molecule has 0 aliphatic heterocycles. The van der Waals surface area contributed by atoms with E-state index in [1.165, 1.54) is 11.1 Å². The van der Waals surface area contributed by atoms with Gasteiger partial charge in [-0.3, -0.25) is 4.79 Å². The van der Waals surface area contributed by atoms with Gasteiger partial charge in [0.25, 0.3) is 0 Å². The van der Waals surface area contributed by atoms with Crippen molar-refractivity contribution in [3.63, 3.8) is 0 Å². The quantitative estimate of drug-likeness (QED) is 0.800. The van der Waals surface area contributed by atoms with Crippen LogP contribution in [0.15, 0.2) is 36.4 Å². The summed E-state index contributed by atoms with van der Waals surface area (Å²) in [6.45, 7) is 4.50. The van der Waals surface area contributed by atoms with Crippen molar-refractivity contribution in [3.05, 3.63) is 42.0 Å². The fourth-order valence-electron chi connectivity index (χ4n) is 1.26. The van der Waals surface area contributed by atoms with E-state index in [1.807, 2.05) is 38.1 Å². The van der Waals surface area contributed by atoms with E-state index < -0.39 is 0 Å². The SMILES string of the molecule is CCC(=O)NCC=C(C)c1ccccc1.